The van der Waals surface area contributed by atoms with Crippen molar-refractivity contribution in [2.45, 2.75) is 13.0 Å². The Morgan fingerprint density at radius 1 is 1.59 bits per heavy atom. The lowest BCUT2D eigenvalue weighted by Crippen LogP contribution is -2.36. The standard InChI is InChI=1S/C10H11BrN2O4/c1-6(10(14)15)12(2)9-7(11)4-3-5-8(9)13(16)17/h3-6H,1-2H3,(H,14,15). The lowest BCUT2D eigenvalue weighted by molar-refractivity contribution is -0.384. The first-order valence-corrected chi connectivity index (χ1v) is 5.54. The number of nitro benzene ring substituents is 1. The Kier molecular flexibility index (Phi) is 4.06. The number of hydrogen-bond donors (Lipinski definition) is 1. The van der Waals surface area contributed by atoms with Crippen LogP contribution in [0.15, 0.2) is 22.7 Å². The molecule has 0 aromatic heterocycles. The number of likely N-dealkylation sites (N-methyl/N-ethyl adjacent to an activating group) is 1. The van der Waals surface area contributed by atoms with Gasteiger partial charge in [0.2, 0.25) is 0 Å². The highest BCUT2D eigenvalue weighted by atomic mass is 79.9. The first-order chi connectivity index (χ1) is 7.86. The van der Waals surface area contributed by atoms with Crippen molar-refractivity contribution in [2.24, 2.45) is 0 Å². The molecule has 0 radical (unpaired) electrons. The third kappa shape index (κ3) is 2.73. The quantitative estimate of drug-likeness (QED) is 0.681. The van der Waals surface area contributed by atoms with Gasteiger partial charge in [-0.05, 0) is 28.9 Å². The van der Waals surface area contributed by atoms with Gasteiger partial charge in [0.15, 0.2) is 0 Å². The van der Waals surface area contributed by atoms with E-state index in [9.17, 15) is 14.9 Å². The molecular weight excluding hydrogens is 292 g/mol. The number of halogens is 1. The van der Waals surface area contributed by atoms with Gasteiger partial charge in [0.25, 0.3) is 5.69 Å². The van der Waals surface area contributed by atoms with Crippen molar-refractivity contribution in [1.82, 2.24) is 0 Å². The summed E-state index contributed by atoms with van der Waals surface area (Å²) in [5.74, 6) is -1.04. The van der Waals surface area contributed by atoms with E-state index in [-0.39, 0.29) is 11.4 Å². The normalized spacial score (nSPS) is 11.9. The second-order valence-corrected chi connectivity index (χ2v) is 4.34. The molecule has 6 nitrogen and oxygen atoms in total. The molecule has 1 aromatic rings. The summed E-state index contributed by atoms with van der Waals surface area (Å²) in [4.78, 5) is 22.6. The molecule has 0 aliphatic carbocycles. The molecule has 1 unspecified atom stereocenters. The average molecular weight is 303 g/mol. The van der Waals surface area contributed by atoms with Crippen LogP contribution in [0.2, 0.25) is 0 Å². The molecule has 1 rings (SSSR count). The van der Waals surface area contributed by atoms with Crippen molar-refractivity contribution in [3.8, 4) is 0 Å². The molecule has 1 atom stereocenters. The fraction of sp³-hybridized carbons (Fsp3) is 0.300. The van der Waals surface area contributed by atoms with Crippen LogP contribution < -0.4 is 4.90 Å². The highest BCUT2D eigenvalue weighted by molar-refractivity contribution is 9.10. The molecule has 0 heterocycles. The predicted molar refractivity (Wildman–Crippen MR) is 66.3 cm³/mol. The fourth-order valence-corrected chi connectivity index (χ4v) is 2.00. The molecule has 0 spiro atoms. The third-order valence-electron chi connectivity index (χ3n) is 2.45. The second-order valence-electron chi connectivity index (χ2n) is 3.49. The van der Waals surface area contributed by atoms with E-state index in [1.54, 1.807) is 6.07 Å². The Bertz CT molecular complexity index is 464. The maximum absolute atomic E-state index is 10.9. The number of benzene rings is 1. The molecule has 0 aliphatic rings. The Balaban J connectivity index is 3.29. The van der Waals surface area contributed by atoms with Gasteiger partial charge in [-0.3, -0.25) is 10.1 Å². The van der Waals surface area contributed by atoms with Gasteiger partial charge in [-0.1, -0.05) is 6.07 Å². The van der Waals surface area contributed by atoms with Crippen molar-refractivity contribution in [3.63, 3.8) is 0 Å². The molecule has 0 saturated heterocycles. The summed E-state index contributed by atoms with van der Waals surface area (Å²) in [5, 5.41) is 19.8. The Morgan fingerprint density at radius 3 is 2.65 bits per heavy atom. The lowest BCUT2D eigenvalue weighted by Gasteiger charge is -2.24. The van der Waals surface area contributed by atoms with Gasteiger partial charge in [0, 0.05) is 17.6 Å². The maximum Gasteiger partial charge on any atom is 0.326 e. The highest BCUT2D eigenvalue weighted by Crippen LogP contribution is 2.35. The summed E-state index contributed by atoms with van der Waals surface area (Å²) in [6, 6.07) is 3.65. The number of nitrogens with zero attached hydrogens (tertiary/aromatic N) is 2. The van der Waals surface area contributed by atoms with Gasteiger partial charge in [0.1, 0.15) is 11.7 Å². The number of carbonyl (C=O) groups is 1. The van der Waals surface area contributed by atoms with Crippen molar-refractivity contribution in [3.05, 3.63) is 32.8 Å². The van der Waals surface area contributed by atoms with Crippen molar-refractivity contribution >= 4 is 33.3 Å². The fourth-order valence-electron chi connectivity index (χ4n) is 1.36. The molecule has 0 fully saturated rings. The number of anilines is 1. The van der Waals surface area contributed by atoms with E-state index in [1.807, 2.05) is 0 Å². The monoisotopic (exact) mass is 302 g/mol. The van der Waals surface area contributed by atoms with Gasteiger partial charge < -0.3 is 10.0 Å². The van der Waals surface area contributed by atoms with E-state index in [0.717, 1.165) is 0 Å². The molecule has 1 N–H and O–H groups in total. The van der Waals surface area contributed by atoms with Gasteiger partial charge in [-0.25, -0.2) is 4.79 Å². The first-order valence-electron chi connectivity index (χ1n) is 4.74. The molecule has 17 heavy (non-hydrogen) atoms. The number of rotatable bonds is 4. The van der Waals surface area contributed by atoms with Gasteiger partial charge in [-0.2, -0.15) is 0 Å². The average Bonchev–Trinajstić information content (AvgIpc) is 2.26. The highest BCUT2D eigenvalue weighted by Gasteiger charge is 2.26. The van der Waals surface area contributed by atoms with Crippen LogP contribution in [0.25, 0.3) is 0 Å². The van der Waals surface area contributed by atoms with E-state index in [0.29, 0.717) is 4.47 Å². The Labute approximate surface area is 106 Å². The summed E-state index contributed by atoms with van der Waals surface area (Å²) in [7, 11) is 1.51. The van der Waals surface area contributed by atoms with Crippen molar-refractivity contribution < 1.29 is 14.8 Å². The van der Waals surface area contributed by atoms with E-state index in [4.69, 9.17) is 5.11 Å². The number of carboxylic acid groups (broad SMARTS) is 1. The van der Waals surface area contributed by atoms with Crippen molar-refractivity contribution in [2.75, 3.05) is 11.9 Å². The molecule has 0 amide bonds. The van der Waals surface area contributed by atoms with Crippen LogP contribution >= 0.6 is 15.9 Å². The van der Waals surface area contributed by atoms with Crippen LogP contribution in [0.4, 0.5) is 11.4 Å². The van der Waals surface area contributed by atoms with Crippen LogP contribution in [0.1, 0.15) is 6.92 Å². The lowest BCUT2D eigenvalue weighted by atomic mass is 10.2. The van der Waals surface area contributed by atoms with E-state index in [1.165, 1.54) is 31.0 Å². The van der Waals surface area contributed by atoms with E-state index in [2.05, 4.69) is 15.9 Å². The molecule has 1 aromatic carbocycles. The largest absolute Gasteiger partial charge is 0.480 e. The Hall–Kier alpha value is -1.63. The van der Waals surface area contributed by atoms with Crippen molar-refractivity contribution in [1.29, 1.82) is 0 Å². The molecule has 0 saturated carbocycles. The number of nitro groups is 1. The smallest absolute Gasteiger partial charge is 0.326 e. The number of carboxylic acids is 1. The minimum absolute atomic E-state index is 0.130. The number of para-hydroxylation sites is 1. The molecule has 92 valence electrons. The molecule has 7 heteroatoms. The maximum atomic E-state index is 10.9. The van der Waals surface area contributed by atoms with E-state index < -0.39 is 16.9 Å². The molecule has 0 bridgehead atoms. The molecular formula is C10H11BrN2O4. The third-order valence-corrected chi connectivity index (χ3v) is 3.09. The second kappa shape index (κ2) is 5.13. The zero-order chi connectivity index (χ0) is 13.2. The van der Waals surface area contributed by atoms with E-state index >= 15 is 0 Å². The SMILES string of the molecule is CC(C(=O)O)N(C)c1c(Br)cccc1[N+](=O)[O-]. The minimum atomic E-state index is -1.04. The van der Waals surface area contributed by atoms with Crippen LogP contribution in [0, 0.1) is 10.1 Å². The van der Waals surface area contributed by atoms with Gasteiger partial charge >= 0.3 is 5.97 Å². The van der Waals surface area contributed by atoms with Crippen LogP contribution in [-0.2, 0) is 4.79 Å². The summed E-state index contributed by atoms with van der Waals surface area (Å²) in [6.45, 7) is 1.46. The first kappa shape index (κ1) is 13.4. The van der Waals surface area contributed by atoms with Crippen LogP contribution in [0.5, 0.6) is 0 Å². The Morgan fingerprint density at radius 2 is 2.18 bits per heavy atom. The summed E-state index contributed by atoms with van der Waals surface area (Å²) >= 11 is 3.19. The van der Waals surface area contributed by atoms with Gasteiger partial charge in [-0.15, -0.1) is 0 Å². The predicted octanol–water partition coefficient (Wildman–Crippen LogP) is 2.27. The minimum Gasteiger partial charge on any atom is -0.480 e. The summed E-state index contributed by atoms with van der Waals surface area (Å²) in [6.07, 6.45) is 0. The molecule has 0 aliphatic heterocycles. The number of aliphatic carboxylic acids is 1. The van der Waals surface area contributed by atoms with Crippen LogP contribution in [-0.4, -0.2) is 29.1 Å². The van der Waals surface area contributed by atoms with Gasteiger partial charge in [0.05, 0.1) is 4.92 Å². The summed E-state index contributed by atoms with van der Waals surface area (Å²) < 4.78 is 0.488. The van der Waals surface area contributed by atoms with Crippen LogP contribution in [0.3, 0.4) is 0 Å². The summed E-state index contributed by atoms with van der Waals surface area (Å²) in [5.41, 5.74) is 0.127. The zero-order valence-corrected chi connectivity index (χ0v) is 10.8. The number of hydrogen-bond acceptors (Lipinski definition) is 4. The zero-order valence-electron chi connectivity index (χ0n) is 9.25. The topological polar surface area (TPSA) is 83.7 Å².